The summed E-state index contributed by atoms with van der Waals surface area (Å²) in [5.74, 6) is 0. The molecule has 0 N–H and O–H groups in total. The smallest absolute Gasteiger partial charge is 0.144 e. The lowest BCUT2D eigenvalue weighted by Crippen LogP contribution is -2.26. The van der Waals surface area contributed by atoms with Crippen LogP contribution in [0.3, 0.4) is 0 Å². The van der Waals surface area contributed by atoms with E-state index in [-0.39, 0.29) is 0 Å². The fourth-order valence-corrected chi connectivity index (χ4v) is 12.5. The molecule has 10 aromatic carbocycles. The third-order valence-electron chi connectivity index (χ3n) is 13.7. The first kappa shape index (κ1) is 34.0. The van der Waals surface area contributed by atoms with Gasteiger partial charge in [0, 0.05) is 48.1 Å². The Morgan fingerprint density at radius 3 is 1.76 bits per heavy atom. The van der Waals surface area contributed by atoms with Crippen LogP contribution in [0.2, 0.25) is 0 Å². The first-order chi connectivity index (χ1) is 30.8. The van der Waals surface area contributed by atoms with Crippen molar-refractivity contribution >= 4 is 81.3 Å². The van der Waals surface area contributed by atoms with Crippen LogP contribution in [0.15, 0.2) is 217 Å². The molecule has 0 bridgehead atoms. The van der Waals surface area contributed by atoms with Crippen molar-refractivity contribution in [3.05, 3.63) is 235 Å². The van der Waals surface area contributed by atoms with Crippen LogP contribution in [-0.2, 0) is 5.41 Å². The van der Waals surface area contributed by atoms with E-state index in [0.29, 0.717) is 0 Å². The lowest BCUT2D eigenvalue weighted by atomic mass is 9.70. The molecule has 2 aromatic heterocycles. The van der Waals surface area contributed by atoms with Crippen LogP contribution in [0.1, 0.15) is 22.3 Å². The molecule has 0 fully saturated rings. The number of rotatable bonds is 4. The minimum atomic E-state index is -0.451. The maximum atomic E-state index is 7.18. The molecule has 0 radical (unpaired) electrons. The summed E-state index contributed by atoms with van der Waals surface area (Å²) < 4.78 is 9.75. The van der Waals surface area contributed by atoms with Crippen LogP contribution in [-0.4, -0.2) is 0 Å². The number of hydrogen-bond acceptors (Lipinski definition) is 3. The molecule has 2 nitrogen and oxygen atoms in total. The molecule has 3 heteroatoms. The van der Waals surface area contributed by atoms with Gasteiger partial charge in [-0.05, 0) is 104 Å². The molecule has 0 saturated carbocycles. The summed E-state index contributed by atoms with van der Waals surface area (Å²) in [6, 6.07) is 78.3. The molecule has 1 spiro atoms. The number of hydrogen-bond donors (Lipinski definition) is 0. The molecular weight excluding hydrogens is 771 g/mol. The Morgan fingerprint density at radius 1 is 0.403 bits per heavy atom. The standard InChI is InChI=1S/C59H35NOS/c1-2-17-37(18-3-1)60(38-32-33-43-42-22-8-12-28-50(42)59(51(43)35-38)48-26-10-6-20-40(48)41-21-7-11-27-49(41)59)52-29-15-30-53-56(52)47-34-36-16-4-5-19-39(36)55(57(47)61-53)46-25-14-24-45-44-23-9-13-31-54(44)62-58(45)46/h1-35H. The Kier molecular flexibility index (Phi) is 6.95. The average molecular weight is 806 g/mol. The second kappa shape index (κ2) is 12.7. The highest BCUT2D eigenvalue weighted by Gasteiger charge is 2.51. The Hall–Kier alpha value is -7.72. The third kappa shape index (κ3) is 4.42. The number of fused-ring (bicyclic) bond motifs is 17. The van der Waals surface area contributed by atoms with Crippen molar-refractivity contribution in [3.63, 3.8) is 0 Å². The Balaban J connectivity index is 1.06. The van der Waals surface area contributed by atoms with Crippen molar-refractivity contribution in [2.75, 3.05) is 4.90 Å². The van der Waals surface area contributed by atoms with Crippen molar-refractivity contribution in [2.45, 2.75) is 5.41 Å². The summed E-state index contributed by atoms with van der Waals surface area (Å²) >= 11 is 1.86. The van der Waals surface area contributed by atoms with Gasteiger partial charge in [0.15, 0.2) is 0 Å². The second-order valence-corrected chi connectivity index (χ2v) is 17.7. The number of thiophene rings is 1. The molecule has 2 aliphatic carbocycles. The zero-order chi connectivity index (χ0) is 40.5. The van der Waals surface area contributed by atoms with Gasteiger partial charge in [-0.2, -0.15) is 0 Å². The van der Waals surface area contributed by atoms with Gasteiger partial charge in [0.05, 0.1) is 16.5 Å². The van der Waals surface area contributed by atoms with E-state index in [0.717, 1.165) is 44.6 Å². The average Bonchev–Trinajstić information content (AvgIpc) is 4.07. The van der Waals surface area contributed by atoms with Crippen molar-refractivity contribution < 1.29 is 4.42 Å². The molecule has 12 aromatic rings. The van der Waals surface area contributed by atoms with Gasteiger partial charge >= 0.3 is 0 Å². The minimum absolute atomic E-state index is 0.451. The van der Waals surface area contributed by atoms with Crippen LogP contribution < -0.4 is 4.90 Å². The molecule has 0 amide bonds. The lowest BCUT2D eigenvalue weighted by molar-refractivity contribution is 0.670. The van der Waals surface area contributed by atoms with Crippen molar-refractivity contribution in [2.24, 2.45) is 0 Å². The lowest BCUT2D eigenvalue weighted by Gasteiger charge is -2.32. The number of nitrogens with zero attached hydrogens (tertiary/aromatic N) is 1. The second-order valence-electron chi connectivity index (χ2n) is 16.7. The molecule has 14 rings (SSSR count). The predicted molar refractivity (Wildman–Crippen MR) is 261 cm³/mol. The van der Waals surface area contributed by atoms with Gasteiger partial charge in [-0.3, -0.25) is 0 Å². The summed E-state index contributed by atoms with van der Waals surface area (Å²) in [6.45, 7) is 0. The summed E-state index contributed by atoms with van der Waals surface area (Å²) in [6.07, 6.45) is 0. The summed E-state index contributed by atoms with van der Waals surface area (Å²) in [7, 11) is 0. The zero-order valence-corrected chi connectivity index (χ0v) is 34.3. The highest BCUT2D eigenvalue weighted by molar-refractivity contribution is 7.26. The Bertz CT molecular complexity index is 3770. The maximum absolute atomic E-state index is 7.18. The quantitative estimate of drug-likeness (QED) is 0.176. The maximum Gasteiger partial charge on any atom is 0.144 e. The van der Waals surface area contributed by atoms with Crippen molar-refractivity contribution in [3.8, 4) is 33.4 Å². The highest BCUT2D eigenvalue weighted by atomic mass is 32.1. The summed E-state index contributed by atoms with van der Waals surface area (Å²) in [5, 5.41) is 7.14. The molecule has 2 aliphatic rings. The van der Waals surface area contributed by atoms with Crippen LogP contribution in [0.4, 0.5) is 17.1 Å². The first-order valence-corrected chi connectivity index (χ1v) is 22.2. The van der Waals surface area contributed by atoms with E-state index in [1.54, 1.807) is 0 Å². The van der Waals surface area contributed by atoms with E-state index in [1.165, 1.54) is 81.0 Å². The van der Waals surface area contributed by atoms with Gasteiger partial charge < -0.3 is 9.32 Å². The molecule has 0 aliphatic heterocycles. The van der Waals surface area contributed by atoms with Gasteiger partial charge in [0.1, 0.15) is 11.2 Å². The fraction of sp³-hybridized carbons (Fsp3) is 0.0169. The number of furan rings is 1. The summed E-state index contributed by atoms with van der Waals surface area (Å²) in [4.78, 5) is 2.45. The SMILES string of the molecule is c1ccc(N(c2ccc3c(c2)C2(c4ccccc4-c4ccccc42)c2ccccc2-3)c2cccc3oc4c(-c5cccc6c5sc5ccccc56)c5ccccc5cc4c23)cc1. The van der Waals surface area contributed by atoms with Crippen LogP contribution in [0.25, 0.3) is 86.3 Å². The molecule has 288 valence electrons. The van der Waals surface area contributed by atoms with E-state index >= 15 is 0 Å². The topological polar surface area (TPSA) is 16.4 Å². The monoisotopic (exact) mass is 805 g/mol. The largest absolute Gasteiger partial charge is 0.455 e. The first-order valence-electron chi connectivity index (χ1n) is 21.3. The molecule has 62 heavy (non-hydrogen) atoms. The normalized spacial score (nSPS) is 13.3. The van der Waals surface area contributed by atoms with Gasteiger partial charge in [-0.15, -0.1) is 11.3 Å². The van der Waals surface area contributed by atoms with E-state index in [1.807, 2.05) is 11.3 Å². The van der Waals surface area contributed by atoms with E-state index in [9.17, 15) is 0 Å². The van der Waals surface area contributed by atoms with Crippen LogP contribution in [0, 0.1) is 0 Å². The Morgan fingerprint density at radius 2 is 1.00 bits per heavy atom. The molecular formula is C59H35NOS. The summed E-state index contributed by atoms with van der Waals surface area (Å²) in [5.41, 5.74) is 17.4. The predicted octanol–water partition coefficient (Wildman–Crippen LogP) is 16.6. The fourth-order valence-electron chi connectivity index (χ4n) is 11.2. The molecule has 0 saturated heterocycles. The number of para-hydroxylation sites is 1. The number of benzene rings is 10. The zero-order valence-electron chi connectivity index (χ0n) is 33.5. The Labute approximate surface area is 362 Å². The van der Waals surface area contributed by atoms with Crippen molar-refractivity contribution in [1.82, 2.24) is 0 Å². The molecule has 2 heterocycles. The van der Waals surface area contributed by atoms with E-state index < -0.39 is 5.41 Å². The minimum Gasteiger partial charge on any atom is -0.455 e. The van der Waals surface area contributed by atoms with E-state index in [4.69, 9.17) is 4.42 Å². The molecule has 0 unspecified atom stereocenters. The van der Waals surface area contributed by atoms with Crippen LogP contribution in [0.5, 0.6) is 0 Å². The van der Waals surface area contributed by atoms with Gasteiger partial charge in [0.2, 0.25) is 0 Å². The third-order valence-corrected chi connectivity index (χ3v) is 14.9. The van der Waals surface area contributed by atoms with Gasteiger partial charge in [-0.1, -0.05) is 164 Å². The van der Waals surface area contributed by atoms with E-state index in [2.05, 4.69) is 217 Å². The van der Waals surface area contributed by atoms with Crippen LogP contribution >= 0.6 is 11.3 Å². The number of anilines is 3. The van der Waals surface area contributed by atoms with Crippen molar-refractivity contribution in [1.29, 1.82) is 0 Å². The van der Waals surface area contributed by atoms with Gasteiger partial charge in [0.25, 0.3) is 0 Å². The highest BCUT2D eigenvalue weighted by Crippen LogP contribution is 2.63. The molecule has 0 atom stereocenters. The van der Waals surface area contributed by atoms with Gasteiger partial charge in [-0.25, -0.2) is 0 Å².